The van der Waals surface area contributed by atoms with E-state index in [0.29, 0.717) is 6.04 Å². The summed E-state index contributed by atoms with van der Waals surface area (Å²) < 4.78 is 0. The topological polar surface area (TPSA) is 27.6 Å². The van der Waals surface area contributed by atoms with Gasteiger partial charge in [0.15, 0.2) is 5.96 Å². The molecular weight excluding hydrogens is 385 g/mol. The lowest BCUT2D eigenvalue weighted by Gasteiger charge is -2.22. The lowest BCUT2D eigenvalue weighted by molar-refractivity contribution is 0.473. The van der Waals surface area contributed by atoms with Crippen LogP contribution in [0.2, 0.25) is 5.02 Å². The third kappa shape index (κ3) is 5.13. The van der Waals surface area contributed by atoms with Crippen molar-refractivity contribution in [2.75, 3.05) is 13.6 Å². The molecule has 1 saturated carbocycles. The highest BCUT2D eigenvalue weighted by atomic mass is 127. The lowest BCUT2D eigenvalue weighted by Crippen LogP contribution is -2.40. The zero-order chi connectivity index (χ0) is 13.8. The molecule has 1 aromatic rings. The molecule has 0 amide bonds. The van der Waals surface area contributed by atoms with Crippen molar-refractivity contribution in [3.63, 3.8) is 0 Å². The first-order valence-electron chi connectivity index (χ1n) is 6.86. The zero-order valence-corrected chi connectivity index (χ0v) is 15.4. The Morgan fingerprint density at radius 3 is 2.50 bits per heavy atom. The van der Waals surface area contributed by atoms with Gasteiger partial charge < -0.3 is 10.2 Å². The van der Waals surface area contributed by atoms with E-state index >= 15 is 0 Å². The van der Waals surface area contributed by atoms with Gasteiger partial charge in [-0.05, 0) is 37.0 Å². The highest BCUT2D eigenvalue weighted by Crippen LogP contribution is 2.29. The monoisotopic (exact) mass is 407 g/mol. The van der Waals surface area contributed by atoms with Crippen molar-refractivity contribution in [3.8, 4) is 0 Å². The average Bonchev–Trinajstić information content (AvgIpc) is 3.07. The van der Waals surface area contributed by atoms with Crippen LogP contribution in [0.25, 0.3) is 0 Å². The molecule has 0 heterocycles. The van der Waals surface area contributed by atoms with Crippen LogP contribution in [0.4, 0.5) is 0 Å². The smallest absolute Gasteiger partial charge is 0.194 e. The summed E-state index contributed by atoms with van der Waals surface area (Å²) in [4.78, 5) is 6.72. The maximum atomic E-state index is 5.90. The lowest BCUT2D eigenvalue weighted by atomic mass is 10.2. The van der Waals surface area contributed by atoms with E-state index in [0.717, 1.165) is 30.0 Å². The summed E-state index contributed by atoms with van der Waals surface area (Å²) in [6, 6.07) is 8.57. The van der Waals surface area contributed by atoms with Gasteiger partial charge in [-0.2, -0.15) is 0 Å². The number of halogens is 2. The van der Waals surface area contributed by atoms with Gasteiger partial charge >= 0.3 is 0 Å². The Morgan fingerprint density at radius 2 is 2.00 bits per heavy atom. The van der Waals surface area contributed by atoms with E-state index in [1.165, 1.54) is 12.0 Å². The van der Waals surface area contributed by atoms with E-state index in [2.05, 4.69) is 48.2 Å². The molecule has 0 radical (unpaired) electrons. The molecular formula is C15H23ClIN3. The Hall–Kier alpha value is -0.490. The van der Waals surface area contributed by atoms with Crippen molar-refractivity contribution in [2.45, 2.75) is 32.9 Å². The maximum absolute atomic E-state index is 5.90. The Kier molecular flexibility index (Phi) is 7.09. The molecule has 1 N–H and O–H groups in total. The molecule has 0 spiro atoms. The van der Waals surface area contributed by atoms with Gasteiger partial charge in [-0.3, -0.25) is 4.99 Å². The minimum absolute atomic E-state index is 0. The van der Waals surface area contributed by atoms with E-state index < -0.39 is 0 Å². The van der Waals surface area contributed by atoms with Crippen LogP contribution in [0.3, 0.4) is 0 Å². The van der Waals surface area contributed by atoms with Gasteiger partial charge in [0, 0.05) is 31.2 Å². The molecule has 5 heteroatoms. The van der Waals surface area contributed by atoms with Crippen molar-refractivity contribution >= 4 is 41.5 Å². The molecule has 0 aliphatic heterocycles. The van der Waals surface area contributed by atoms with Crippen LogP contribution in [-0.4, -0.2) is 30.5 Å². The van der Waals surface area contributed by atoms with Crippen molar-refractivity contribution in [2.24, 2.45) is 10.9 Å². The Morgan fingerprint density at radius 1 is 1.40 bits per heavy atom. The predicted molar refractivity (Wildman–Crippen MR) is 97.0 cm³/mol. The van der Waals surface area contributed by atoms with Crippen LogP contribution in [0.1, 0.15) is 25.8 Å². The zero-order valence-electron chi connectivity index (χ0n) is 12.3. The second kappa shape index (κ2) is 8.08. The standard InChI is InChI=1S/C15H22ClN3.HI/c1-4-17-15(18-14-9-11(14)2)19(3)10-12-5-7-13(16)8-6-12;/h5-8,11,14H,4,9-10H2,1-3H3,(H,17,18);1H. The highest BCUT2D eigenvalue weighted by Gasteiger charge is 2.33. The summed E-state index contributed by atoms with van der Waals surface area (Å²) in [6.45, 7) is 5.97. The van der Waals surface area contributed by atoms with Gasteiger partial charge in [0.25, 0.3) is 0 Å². The SMILES string of the molecule is CCN=C(NC1CC1C)N(C)Cc1ccc(Cl)cc1.I. The Bertz CT molecular complexity index is 447. The molecule has 2 unspecified atom stereocenters. The van der Waals surface area contributed by atoms with Crippen LogP contribution in [0.5, 0.6) is 0 Å². The molecule has 2 rings (SSSR count). The van der Waals surface area contributed by atoms with Crippen LogP contribution < -0.4 is 5.32 Å². The maximum Gasteiger partial charge on any atom is 0.194 e. The summed E-state index contributed by atoms with van der Waals surface area (Å²) in [5, 5.41) is 4.30. The number of nitrogens with zero attached hydrogens (tertiary/aromatic N) is 2. The van der Waals surface area contributed by atoms with Crippen molar-refractivity contribution in [3.05, 3.63) is 34.9 Å². The van der Waals surface area contributed by atoms with Crippen LogP contribution in [0, 0.1) is 5.92 Å². The fourth-order valence-electron chi connectivity index (χ4n) is 2.05. The first-order valence-corrected chi connectivity index (χ1v) is 7.24. The molecule has 1 fully saturated rings. The van der Waals surface area contributed by atoms with Crippen molar-refractivity contribution in [1.82, 2.24) is 10.2 Å². The highest BCUT2D eigenvalue weighted by molar-refractivity contribution is 14.0. The van der Waals surface area contributed by atoms with E-state index in [9.17, 15) is 0 Å². The Labute approximate surface area is 143 Å². The summed E-state index contributed by atoms with van der Waals surface area (Å²) in [5.41, 5.74) is 1.24. The van der Waals surface area contributed by atoms with Crippen LogP contribution in [-0.2, 0) is 6.54 Å². The molecule has 1 aliphatic carbocycles. The van der Waals surface area contributed by atoms with Gasteiger partial charge in [0.2, 0.25) is 0 Å². The fraction of sp³-hybridized carbons (Fsp3) is 0.533. The van der Waals surface area contributed by atoms with E-state index in [-0.39, 0.29) is 24.0 Å². The number of guanidine groups is 1. The van der Waals surface area contributed by atoms with Gasteiger partial charge in [-0.25, -0.2) is 0 Å². The largest absolute Gasteiger partial charge is 0.353 e. The molecule has 3 nitrogen and oxygen atoms in total. The molecule has 1 aliphatic rings. The summed E-state index contributed by atoms with van der Waals surface area (Å²) in [7, 11) is 2.07. The normalized spacial score (nSPS) is 21.1. The molecule has 2 atom stereocenters. The van der Waals surface area contributed by atoms with E-state index in [4.69, 9.17) is 11.6 Å². The minimum Gasteiger partial charge on any atom is -0.353 e. The summed E-state index contributed by atoms with van der Waals surface area (Å²) in [6.07, 6.45) is 1.25. The van der Waals surface area contributed by atoms with Crippen molar-refractivity contribution < 1.29 is 0 Å². The van der Waals surface area contributed by atoms with E-state index in [1.807, 2.05) is 12.1 Å². The number of hydrogen-bond acceptors (Lipinski definition) is 1. The summed E-state index contributed by atoms with van der Waals surface area (Å²) >= 11 is 5.90. The number of hydrogen-bond donors (Lipinski definition) is 1. The Balaban J connectivity index is 0.00000200. The molecule has 1 aromatic carbocycles. The number of nitrogens with one attached hydrogen (secondary N) is 1. The second-order valence-corrected chi connectivity index (χ2v) is 5.68. The molecule has 0 saturated heterocycles. The quantitative estimate of drug-likeness (QED) is 0.467. The third-order valence-electron chi connectivity index (χ3n) is 3.43. The first-order chi connectivity index (χ1) is 9.10. The number of benzene rings is 1. The number of aliphatic imine (C=N–C) groups is 1. The fourth-order valence-corrected chi connectivity index (χ4v) is 2.18. The van der Waals surface area contributed by atoms with Gasteiger partial charge in [0.05, 0.1) is 0 Å². The van der Waals surface area contributed by atoms with Gasteiger partial charge in [-0.15, -0.1) is 24.0 Å². The minimum atomic E-state index is 0. The van der Waals surface area contributed by atoms with Crippen molar-refractivity contribution in [1.29, 1.82) is 0 Å². The molecule has 0 bridgehead atoms. The number of rotatable bonds is 4. The molecule has 112 valence electrons. The van der Waals surface area contributed by atoms with E-state index in [1.54, 1.807) is 0 Å². The summed E-state index contributed by atoms with van der Waals surface area (Å²) in [5.74, 6) is 1.76. The van der Waals surface area contributed by atoms with Crippen LogP contribution >= 0.6 is 35.6 Å². The first kappa shape index (κ1) is 17.6. The van der Waals surface area contributed by atoms with Crippen LogP contribution in [0.15, 0.2) is 29.3 Å². The molecule has 20 heavy (non-hydrogen) atoms. The van der Waals surface area contributed by atoms with Gasteiger partial charge in [-0.1, -0.05) is 30.7 Å². The predicted octanol–water partition coefficient (Wildman–Crippen LogP) is 3.76. The average molecular weight is 408 g/mol. The van der Waals surface area contributed by atoms with Gasteiger partial charge in [0.1, 0.15) is 0 Å². The second-order valence-electron chi connectivity index (χ2n) is 5.24. The molecule has 0 aromatic heterocycles. The third-order valence-corrected chi connectivity index (χ3v) is 3.68.